The molecule has 442 valence electrons. The zero-order valence-electron chi connectivity index (χ0n) is 51.7. The van der Waals surface area contributed by atoms with Gasteiger partial charge in [-0.2, -0.15) is 0 Å². The predicted molar refractivity (Wildman–Crippen MR) is 337 cm³/mol. The predicted octanol–water partition coefficient (Wildman–Crippen LogP) is 15.3. The number of fused-ring (bicyclic) bond motifs is 6. The van der Waals surface area contributed by atoms with Crippen molar-refractivity contribution in [2.75, 3.05) is 29.2 Å². The summed E-state index contributed by atoms with van der Waals surface area (Å²) in [5.41, 5.74) is 7.79. The van der Waals surface area contributed by atoms with E-state index in [1.807, 2.05) is 54.6 Å². The highest BCUT2D eigenvalue weighted by Gasteiger charge is 2.59. The first-order chi connectivity index (χ1) is 40.1. The molecule has 10 nitrogen and oxygen atoms in total. The van der Waals surface area contributed by atoms with Crippen LogP contribution in [0, 0.1) is 57.2 Å². The topological polar surface area (TPSA) is 135 Å². The van der Waals surface area contributed by atoms with Crippen LogP contribution in [0.2, 0.25) is 0 Å². The number of anilines is 3. The molecular weight excluding hydrogens is 1040 g/mol. The minimum absolute atomic E-state index is 0.0468. The van der Waals surface area contributed by atoms with Crippen molar-refractivity contribution in [3.05, 3.63) is 123 Å². The molecule has 7 aliphatic carbocycles. The normalized spacial score (nSPS) is 33.8. The second-order valence-electron chi connectivity index (χ2n) is 29.4. The number of nitrogens with zero attached hydrogens (tertiary/aromatic N) is 1. The van der Waals surface area contributed by atoms with Gasteiger partial charge in [0.15, 0.2) is 11.6 Å². The summed E-state index contributed by atoms with van der Waals surface area (Å²) in [6.45, 7) is 23.4. The lowest BCUT2D eigenvalue weighted by atomic mass is 9.47. The molecule has 0 saturated heterocycles. The molecule has 84 heavy (non-hydrogen) atoms. The van der Waals surface area contributed by atoms with E-state index in [0.717, 1.165) is 108 Å². The molecule has 0 aromatic heterocycles. The van der Waals surface area contributed by atoms with Crippen LogP contribution in [0.5, 0.6) is 0 Å². The Morgan fingerprint density at radius 2 is 1.13 bits per heavy atom. The van der Waals surface area contributed by atoms with Crippen LogP contribution in [0.1, 0.15) is 183 Å². The van der Waals surface area contributed by atoms with Gasteiger partial charge in [0, 0.05) is 27.8 Å². The molecule has 4 aromatic carbocycles. The first-order valence-electron chi connectivity index (χ1n) is 32.4. The minimum atomic E-state index is -0.906. The van der Waals surface area contributed by atoms with Crippen LogP contribution >= 0.6 is 0 Å². The van der Waals surface area contributed by atoms with Crippen molar-refractivity contribution in [1.82, 2.24) is 0 Å². The van der Waals surface area contributed by atoms with Crippen LogP contribution in [-0.2, 0) is 28.7 Å². The van der Waals surface area contributed by atoms with Gasteiger partial charge >= 0.3 is 11.9 Å². The second kappa shape index (κ2) is 20.7. The standard InChI is InChI=1S/C74H90N4O6/c1-43(2)45-21-27-53-47(41-45)23-31-59-69(53,5)33-13-35-71(59,7)67(81)83-39-15-37-73(9)75-55-19-11-17-49-51(25-29-57(77-73)61(49)55)63-65(79)64(66(63)80)52-26-30-58-62-50(52)18-12-20-56(62)76-74(10,78-58)38-16-40-84-68(82)72(8)36-14-34-70(6)54-28-22-46(44(3)4)42-48(54)24-32-60(70)72/h11-12,17-20,23-26,29-30,41-44,53-54,59-60,63,75-77H,13-16,21-22,27-28,31-40H2,1-10H3. The van der Waals surface area contributed by atoms with Crippen molar-refractivity contribution < 1.29 is 28.7 Å². The van der Waals surface area contributed by atoms with E-state index in [1.165, 1.54) is 24.0 Å². The molecule has 0 bridgehead atoms. The molecule has 2 heterocycles. The SMILES string of the molecule is CC(C)C1=CC2=CCC3C(C)(C(=O)OCCCC4(C)N=c5ccc(=C6C(=O)C(c7ccc8c9c(cccc79)NC(C)(CCCOC(=O)C7(C)CCCC9(C)C%10CCC(C(C)C)=CC%10=CCC79)N8)C6=O)c6cccc(c56)N4)CCCC3(C)C2CC1. The lowest BCUT2D eigenvalue weighted by molar-refractivity contribution is -0.170. The number of allylic oxidation sites excluding steroid dienone is 8. The number of ketones is 2. The first kappa shape index (κ1) is 56.8. The molecule has 10 heteroatoms. The fraction of sp³-hybridized carbons (Fsp3) is 0.554. The summed E-state index contributed by atoms with van der Waals surface area (Å²) < 4.78 is 12.5. The van der Waals surface area contributed by atoms with Crippen molar-refractivity contribution in [2.45, 2.75) is 189 Å². The van der Waals surface area contributed by atoms with E-state index in [4.69, 9.17) is 14.5 Å². The number of Topliss-reactive ketones (excluding diaryl/α,β-unsaturated/α-hetero) is 2. The molecule has 2 aliphatic heterocycles. The molecule has 13 rings (SSSR count). The van der Waals surface area contributed by atoms with Crippen LogP contribution in [-0.4, -0.2) is 48.0 Å². The maximum absolute atomic E-state index is 14.5. The quantitative estimate of drug-likeness (QED) is 0.0679. The van der Waals surface area contributed by atoms with Gasteiger partial charge in [-0.05, 0) is 221 Å². The third-order valence-electron chi connectivity index (χ3n) is 23.5. The van der Waals surface area contributed by atoms with Gasteiger partial charge in [0.05, 0.1) is 35.0 Å². The molecule has 10 atom stereocenters. The Morgan fingerprint density at radius 3 is 1.69 bits per heavy atom. The highest BCUT2D eigenvalue weighted by Crippen LogP contribution is 2.64. The second-order valence-corrected chi connectivity index (χ2v) is 29.4. The molecule has 3 fully saturated rings. The number of hydrogen-bond acceptors (Lipinski definition) is 10. The van der Waals surface area contributed by atoms with E-state index in [2.05, 4.69) is 116 Å². The largest absolute Gasteiger partial charge is 0.465 e. The fourth-order valence-electron chi connectivity index (χ4n) is 18.8. The van der Waals surface area contributed by atoms with E-state index in [0.29, 0.717) is 73.4 Å². The van der Waals surface area contributed by atoms with Gasteiger partial charge in [-0.15, -0.1) is 0 Å². The lowest BCUT2D eigenvalue weighted by Crippen LogP contribution is -2.53. The fourth-order valence-corrected chi connectivity index (χ4v) is 18.8. The monoisotopic (exact) mass is 1130 g/mol. The number of carbonyl (C=O) groups excluding carboxylic acids is 4. The molecule has 3 saturated carbocycles. The molecule has 0 amide bonds. The van der Waals surface area contributed by atoms with Gasteiger partial charge in [0.1, 0.15) is 17.2 Å². The highest BCUT2D eigenvalue weighted by molar-refractivity contribution is 6.59. The van der Waals surface area contributed by atoms with Crippen LogP contribution in [0.15, 0.2) is 112 Å². The van der Waals surface area contributed by atoms with Crippen LogP contribution in [0.25, 0.3) is 27.1 Å². The Labute approximate surface area is 497 Å². The molecule has 3 N–H and O–H groups in total. The Kier molecular flexibility index (Phi) is 14.0. The number of carbonyl (C=O) groups is 4. The zero-order chi connectivity index (χ0) is 58.9. The third kappa shape index (κ3) is 9.08. The summed E-state index contributed by atoms with van der Waals surface area (Å²) in [7, 11) is 0. The Morgan fingerprint density at radius 1 is 0.607 bits per heavy atom. The van der Waals surface area contributed by atoms with Gasteiger partial charge in [-0.25, -0.2) is 0 Å². The van der Waals surface area contributed by atoms with Crippen molar-refractivity contribution in [3.63, 3.8) is 0 Å². The number of nitrogens with one attached hydrogen (secondary N) is 3. The van der Waals surface area contributed by atoms with E-state index < -0.39 is 28.1 Å². The molecular formula is C74H90N4O6. The summed E-state index contributed by atoms with van der Waals surface area (Å²) in [4.78, 5) is 62.8. The number of rotatable bonds is 13. The summed E-state index contributed by atoms with van der Waals surface area (Å²) in [6.07, 6.45) is 25.2. The molecule has 10 unspecified atom stereocenters. The summed E-state index contributed by atoms with van der Waals surface area (Å²) in [5.74, 6) is 1.30. The van der Waals surface area contributed by atoms with Crippen LogP contribution < -0.4 is 26.5 Å². The average molecular weight is 1130 g/mol. The Hall–Kier alpha value is -6.29. The molecule has 9 aliphatic rings. The van der Waals surface area contributed by atoms with Gasteiger partial charge < -0.3 is 25.4 Å². The smallest absolute Gasteiger partial charge is 0.312 e. The maximum atomic E-state index is 14.5. The number of benzene rings is 4. The van der Waals surface area contributed by atoms with E-state index in [9.17, 15) is 19.2 Å². The van der Waals surface area contributed by atoms with Gasteiger partial charge in [0.2, 0.25) is 0 Å². The zero-order valence-corrected chi connectivity index (χ0v) is 51.7. The summed E-state index contributed by atoms with van der Waals surface area (Å²) in [5, 5.41) is 16.2. The third-order valence-corrected chi connectivity index (χ3v) is 23.5. The van der Waals surface area contributed by atoms with Crippen molar-refractivity contribution >= 4 is 67.7 Å². The Balaban J connectivity index is 0.654. The molecule has 0 radical (unpaired) electrons. The first-order valence-corrected chi connectivity index (χ1v) is 32.4. The van der Waals surface area contributed by atoms with Crippen molar-refractivity contribution in [1.29, 1.82) is 0 Å². The maximum Gasteiger partial charge on any atom is 0.312 e. The summed E-state index contributed by atoms with van der Waals surface area (Å²) in [6, 6.07) is 19.9. The van der Waals surface area contributed by atoms with E-state index in [-0.39, 0.29) is 51.7 Å². The lowest BCUT2D eigenvalue weighted by Gasteiger charge is -2.57. The number of hydrogen-bond donors (Lipinski definition) is 3. The molecule has 4 aromatic rings. The van der Waals surface area contributed by atoms with E-state index >= 15 is 0 Å². The van der Waals surface area contributed by atoms with Crippen LogP contribution in [0.4, 0.5) is 17.1 Å². The van der Waals surface area contributed by atoms with Crippen molar-refractivity contribution in [3.8, 4) is 0 Å². The summed E-state index contributed by atoms with van der Waals surface area (Å²) >= 11 is 0. The average Bonchev–Trinajstić information content (AvgIpc) is 1.13. The highest BCUT2D eigenvalue weighted by atomic mass is 16.5. The Bertz CT molecular complexity index is 3680. The number of esters is 2. The van der Waals surface area contributed by atoms with Crippen LogP contribution in [0.3, 0.4) is 0 Å². The minimum Gasteiger partial charge on any atom is -0.465 e. The van der Waals surface area contributed by atoms with E-state index in [1.54, 1.807) is 11.1 Å². The number of ether oxygens (including phenoxy) is 2. The van der Waals surface area contributed by atoms with Gasteiger partial charge in [-0.3, -0.25) is 24.2 Å². The molecule has 0 spiro atoms. The van der Waals surface area contributed by atoms with Crippen molar-refractivity contribution in [2.24, 2.45) is 62.2 Å². The van der Waals surface area contributed by atoms with Gasteiger partial charge in [-0.1, -0.05) is 126 Å². The van der Waals surface area contributed by atoms with Gasteiger partial charge in [0.25, 0.3) is 0 Å².